The average molecular weight is 336 g/mol. The summed E-state index contributed by atoms with van der Waals surface area (Å²) in [5.74, 6) is -0.0983. The van der Waals surface area contributed by atoms with E-state index in [1.165, 1.54) is 6.20 Å². The third-order valence-electron chi connectivity index (χ3n) is 3.77. The van der Waals surface area contributed by atoms with E-state index < -0.39 is 0 Å². The van der Waals surface area contributed by atoms with Gasteiger partial charge in [0.05, 0.1) is 16.6 Å². The van der Waals surface area contributed by atoms with Crippen LogP contribution in [0.25, 0.3) is 0 Å². The highest BCUT2D eigenvalue weighted by atomic mass is 35.5. The van der Waals surface area contributed by atoms with Crippen LogP contribution in [0, 0.1) is 0 Å². The fraction of sp³-hybridized carbons (Fsp3) is 0.250. The number of pyridine rings is 1. The van der Waals surface area contributed by atoms with Gasteiger partial charge < -0.3 is 10.2 Å². The minimum atomic E-state index is -0.112. The lowest BCUT2D eigenvalue weighted by molar-refractivity contribution is 0.0634. The van der Waals surface area contributed by atoms with Gasteiger partial charge in [-0.2, -0.15) is 0 Å². The van der Waals surface area contributed by atoms with E-state index in [0.29, 0.717) is 28.7 Å². The van der Waals surface area contributed by atoms with Gasteiger partial charge in [-0.25, -0.2) is 0 Å². The molecular formula is C16H15Cl2N3O. The summed E-state index contributed by atoms with van der Waals surface area (Å²) < 4.78 is 0. The Hall–Kier alpha value is -1.62. The van der Waals surface area contributed by atoms with Gasteiger partial charge in [-0.3, -0.25) is 9.78 Å². The molecule has 22 heavy (non-hydrogen) atoms. The zero-order chi connectivity index (χ0) is 15.5. The summed E-state index contributed by atoms with van der Waals surface area (Å²) in [7, 11) is 0. The maximum Gasteiger partial charge on any atom is 0.256 e. The molecule has 2 heterocycles. The first kappa shape index (κ1) is 15.3. The van der Waals surface area contributed by atoms with E-state index in [0.717, 1.165) is 12.1 Å². The summed E-state index contributed by atoms with van der Waals surface area (Å²) in [5, 5.41) is 4.34. The number of aromatic nitrogens is 1. The molecule has 0 spiro atoms. The fourth-order valence-electron chi connectivity index (χ4n) is 2.67. The van der Waals surface area contributed by atoms with E-state index in [-0.39, 0.29) is 11.9 Å². The predicted octanol–water partition coefficient (Wildman–Crippen LogP) is 3.18. The lowest BCUT2D eigenvalue weighted by Gasteiger charge is -2.37. The molecule has 0 bridgehead atoms. The summed E-state index contributed by atoms with van der Waals surface area (Å²) >= 11 is 12.4. The molecular weight excluding hydrogens is 321 g/mol. The van der Waals surface area contributed by atoms with E-state index in [1.807, 2.05) is 29.2 Å². The number of benzene rings is 1. The number of piperazine rings is 1. The molecule has 1 aromatic heterocycles. The van der Waals surface area contributed by atoms with Crippen molar-refractivity contribution in [1.82, 2.24) is 15.2 Å². The number of hydrogen-bond donors (Lipinski definition) is 1. The van der Waals surface area contributed by atoms with Crippen LogP contribution in [0.3, 0.4) is 0 Å². The van der Waals surface area contributed by atoms with Crippen molar-refractivity contribution in [2.45, 2.75) is 6.04 Å². The molecule has 3 rings (SSSR count). The normalized spacial score (nSPS) is 18.3. The Morgan fingerprint density at radius 3 is 2.82 bits per heavy atom. The number of halogens is 2. The van der Waals surface area contributed by atoms with E-state index >= 15 is 0 Å². The summed E-state index contributed by atoms with van der Waals surface area (Å²) in [6.07, 6.45) is 3.06. The summed E-state index contributed by atoms with van der Waals surface area (Å²) in [4.78, 5) is 18.6. The van der Waals surface area contributed by atoms with Crippen LogP contribution >= 0.6 is 23.2 Å². The average Bonchev–Trinajstić information content (AvgIpc) is 2.55. The Morgan fingerprint density at radius 2 is 2.05 bits per heavy atom. The predicted molar refractivity (Wildman–Crippen MR) is 87.3 cm³/mol. The third-order valence-corrected chi connectivity index (χ3v) is 4.42. The van der Waals surface area contributed by atoms with Crippen LogP contribution in [0.1, 0.15) is 22.0 Å². The number of carbonyl (C=O) groups excluding carboxylic acids is 1. The molecule has 1 fully saturated rings. The highest BCUT2D eigenvalue weighted by Gasteiger charge is 2.30. The van der Waals surface area contributed by atoms with Gasteiger partial charge in [-0.15, -0.1) is 0 Å². The maximum atomic E-state index is 12.9. The van der Waals surface area contributed by atoms with Crippen molar-refractivity contribution in [3.63, 3.8) is 0 Å². The highest BCUT2D eigenvalue weighted by Crippen LogP contribution is 2.30. The van der Waals surface area contributed by atoms with Crippen molar-refractivity contribution in [3.05, 3.63) is 63.9 Å². The van der Waals surface area contributed by atoms with Crippen molar-refractivity contribution in [3.8, 4) is 0 Å². The van der Waals surface area contributed by atoms with Crippen LogP contribution in [0.15, 0.2) is 42.7 Å². The SMILES string of the molecule is O=C(c1ccncc1Cl)N1CCNCC1c1ccccc1Cl. The molecule has 1 atom stereocenters. The van der Waals surface area contributed by atoms with Gasteiger partial charge in [0, 0.05) is 37.1 Å². The molecule has 2 aromatic rings. The summed E-state index contributed by atoms with van der Waals surface area (Å²) in [5.41, 5.74) is 1.41. The molecule has 1 aromatic carbocycles. The van der Waals surface area contributed by atoms with Crippen LogP contribution in [0.2, 0.25) is 10.0 Å². The largest absolute Gasteiger partial charge is 0.329 e. The van der Waals surface area contributed by atoms with Crippen molar-refractivity contribution in [1.29, 1.82) is 0 Å². The van der Waals surface area contributed by atoms with Crippen LogP contribution < -0.4 is 5.32 Å². The van der Waals surface area contributed by atoms with Gasteiger partial charge in [-0.1, -0.05) is 41.4 Å². The molecule has 0 aliphatic carbocycles. The lowest BCUT2D eigenvalue weighted by atomic mass is 10.0. The number of amides is 1. The minimum Gasteiger partial charge on any atom is -0.329 e. The first-order valence-corrected chi connectivity index (χ1v) is 7.79. The van der Waals surface area contributed by atoms with E-state index in [9.17, 15) is 4.79 Å². The number of rotatable bonds is 2. The van der Waals surface area contributed by atoms with Gasteiger partial charge in [0.2, 0.25) is 0 Å². The van der Waals surface area contributed by atoms with Crippen molar-refractivity contribution >= 4 is 29.1 Å². The second kappa shape index (κ2) is 6.65. The molecule has 1 N–H and O–H groups in total. The van der Waals surface area contributed by atoms with Crippen LogP contribution in [0.4, 0.5) is 0 Å². The second-order valence-corrected chi connectivity index (χ2v) is 5.91. The smallest absolute Gasteiger partial charge is 0.256 e. The van der Waals surface area contributed by atoms with E-state index in [4.69, 9.17) is 23.2 Å². The molecule has 0 radical (unpaired) electrons. The Labute approximate surface area is 139 Å². The zero-order valence-electron chi connectivity index (χ0n) is 11.8. The quantitative estimate of drug-likeness (QED) is 0.916. The molecule has 4 nitrogen and oxygen atoms in total. The summed E-state index contributed by atoms with van der Waals surface area (Å²) in [6.45, 7) is 2.01. The Balaban J connectivity index is 1.95. The van der Waals surface area contributed by atoms with Gasteiger partial charge in [0.1, 0.15) is 0 Å². The Bertz CT molecular complexity index is 693. The number of nitrogens with one attached hydrogen (secondary N) is 1. The molecule has 1 aliphatic rings. The zero-order valence-corrected chi connectivity index (χ0v) is 13.3. The van der Waals surface area contributed by atoms with E-state index in [1.54, 1.807) is 12.3 Å². The first-order chi connectivity index (χ1) is 10.7. The Morgan fingerprint density at radius 1 is 1.23 bits per heavy atom. The monoisotopic (exact) mass is 335 g/mol. The molecule has 0 saturated carbocycles. The first-order valence-electron chi connectivity index (χ1n) is 7.04. The highest BCUT2D eigenvalue weighted by molar-refractivity contribution is 6.33. The molecule has 6 heteroatoms. The molecule has 1 saturated heterocycles. The summed E-state index contributed by atoms with van der Waals surface area (Å²) in [6, 6.07) is 9.14. The molecule has 1 amide bonds. The van der Waals surface area contributed by atoms with Gasteiger partial charge in [-0.05, 0) is 17.7 Å². The van der Waals surface area contributed by atoms with Crippen LogP contribution in [-0.4, -0.2) is 35.4 Å². The third kappa shape index (κ3) is 2.95. The van der Waals surface area contributed by atoms with E-state index in [2.05, 4.69) is 10.3 Å². The maximum absolute atomic E-state index is 12.9. The topological polar surface area (TPSA) is 45.2 Å². The van der Waals surface area contributed by atoms with Crippen LogP contribution in [0.5, 0.6) is 0 Å². The van der Waals surface area contributed by atoms with Crippen molar-refractivity contribution in [2.75, 3.05) is 19.6 Å². The lowest BCUT2D eigenvalue weighted by Crippen LogP contribution is -2.48. The fourth-order valence-corrected chi connectivity index (χ4v) is 3.14. The Kier molecular flexibility index (Phi) is 4.62. The van der Waals surface area contributed by atoms with Crippen LogP contribution in [-0.2, 0) is 0 Å². The van der Waals surface area contributed by atoms with Crippen molar-refractivity contribution < 1.29 is 4.79 Å². The minimum absolute atomic E-state index is 0.0983. The standard InChI is InChI=1S/C16H15Cl2N3O/c17-13-4-2-1-3-11(13)15-10-20-7-8-21(15)16(22)12-5-6-19-9-14(12)18/h1-6,9,15,20H,7-8,10H2. The van der Waals surface area contributed by atoms with Gasteiger partial charge in [0.15, 0.2) is 0 Å². The number of nitrogens with zero attached hydrogens (tertiary/aromatic N) is 2. The van der Waals surface area contributed by atoms with Gasteiger partial charge in [0.25, 0.3) is 5.91 Å². The molecule has 1 unspecified atom stereocenters. The van der Waals surface area contributed by atoms with Crippen molar-refractivity contribution in [2.24, 2.45) is 0 Å². The molecule has 114 valence electrons. The second-order valence-electron chi connectivity index (χ2n) is 5.10. The van der Waals surface area contributed by atoms with Gasteiger partial charge >= 0.3 is 0 Å². The number of hydrogen-bond acceptors (Lipinski definition) is 3. The number of carbonyl (C=O) groups is 1. The molecule has 1 aliphatic heterocycles.